The summed E-state index contributed by atoms with van der Waals surface area (Å²) in [6.45, 7) is 0. The van der Waals surface area contributed by atoms with E-state index in [-0.39, 0.29) is 11.7 Å². The van der Waals surface area contributed by atoms with Crippen molar-refractivity contribution >= 4 is 43.5 Å². The Balaban J connectivity index is 2.28. The average Bonchev–Trinajstić information content (AvgIpc) is 2.27. The summed E-state index contributed by atoms with van der Waals surface area (Å²) in [5.41, 5.74) is 0. The van der Waals surface area contributed by atoms with Crippen LogP contribution in [0.15, 0.2) is 39.4 Å². The van der Waals surface area contributed by atoms with Crippen molar-refractivity contribution in [1.82, 2.24) is 4.98 Å². The number of pyridine rings is 1. The van der Waals surface area contributed by atoms with Crippen molar-refractivity contribution in [1.29, 1.82) is 0 Å². The maximum Gasteiger partial charge on any atom is 0.238 e. The van der Waals surface area contributed by atoms with E-state index in [0.717, 1.165) is 4.47 Å². The SMILES string of the molecule is Fc1ccc(Oc2ncc(Br)cc2Cl)cc1Br. The molecular weight excluding hydrogens is 376 g/mol. The zero-order valence-electron chi connectivity index (χ0n) is 8.25. The van der Waals surface area contributed by atoms with Crippen LogP contribution in [-0.4, -0.2) is 4.98 Å². The third-order valence-corrected chi connectivity index (χ3v) is 3.19. The van der Waals surface area contributed by atoms with Gasteiger partial charge in [0.2, 0.25) is 5.88 Å². The first kappa shape index (κ1) is 12.8. The summed E-state index contributed by atoms with van der Waals surface area (Å²) in [4.78, 5) is 4.02. The van der Waals surface area contributed by atoms with E-state index in [1.807, 2.05) is 0 Å². The third-order valence-electron chi connectivity index (χ3n) is 1.88. The van der Waals surface area contributed by atoms with Crippen LogP contribution in [-0.2, 0) is 0 Å². The predicted molar refractivity (Wildman–Crippen MR) is 71.1 cm³/mol. The molecule has 0 spiro atoms. The molecule has 0 aliphatic rings. The summed E-state index contributed by atoms with van der Waals surface area (Å²) in [5.74, 6) is 0.371. The number of hydrogen-bond donors (Lipinski definition) is 0. The van der Waals surface area contributed by atoms with E-state index in [4.69, 9.17) is 16.3 Å². The summed E-state index contributed by atoms with van der Waals surface area (Å²) in [7, 11) is 0. The number of aromatic nitrogens is 1. The minimum absolute atomic E-state index is 0.272. The van der Waals surface area contributed by atoms with Gasteiger partial charge in [0.05, 0.1) is 4.47 Å². The molecule has 0 saturated carbocycles. The van der Waals surface area contributed by atoms with Gasteiger partial charge >= 0.3 is 0 Å². The van der Waals surface area contributed by atoms with Gasteiger partial charge < -0.3 is 4.74 Å². The molecule has 1 aromatic heterocycles. The second-order valence-corrected chi connectivity index (χ2v) is 5.30. The van der Waals surface area contributed by atoms with E-state index in [0.29, 0.717) is 15.2 Å². The second-order valence-electron chi connectivity index (χ2n) is 3.12. The van der Waals surface area contributed by atoms with E-state index in [1.54, 1.807) is 12.3 Å². The van der Waals surface area contributed by atoms with Gasteiger partial charge in [-0.05, 0) is 56.1 Å². The number of halogens is 4. The molecule has 0 radical (unpaired) electrons. The topological polar surface area (TPSA) is 22.1 Å². The molecule has 0 amide bonds. The lowest BCUT2D eigenvalue weighted by Gasteiger charge is -2.07. The van der Waals surface area contributed by atoms with Crippen LogP contribution in [0.4, 0.5) is 4.39 Å². The summed E-state index contributed by atoms with van der Waals surface area (Å²) in [6.07, 6.45) is 1.57. The van der Waals surface area contributed by atoms with Gasteiger partial charge in [-0.2, -0.15) is 0 Å². The monoisotopic (exact) mass is 379 g/mol. The lowest BCUT2D eigenvalue weighted by molar-refractivity contribution is 0.460. The fraction of sp³-hybridized carbons (Fsp3) is 0. The maximum absolute atomic E-state index is 13.0. The van der Waals surface area contributed by atoms with Gasteiger partial charge in [0.25, 0.3) is 0 Å². The molecule has 0 atom stereocenters. The van der Waals surface area contributed by atoms with Gasteiger partial charge in [-0.15, -0.1) is 0 Å². The Morgan fingerprint density at radius 3 is 2.65 bits per heavy atom. The largest absolute Gasteiger partial charge is 0.437 e. The van der Waals surface area contributed by atoms with Gasteiger partial charge in [0, 0.05) is 10.7 Å². The van der Waals surface area contributed by atoms with Gasteiger partial charge in [-0.3, -0.25) is 0 Å². The fourth-order valence-corrected chi connectivity index (χ4v) is 2.15. The van der Waals surface area contributed by atoms with E-state index in [1.165, 1.54) is 18.2 Å². The van der Waals surface area contributed by atoms with Crippen molar-refractivity contribution in [3.63, 3.8) is 0 Å². The smallest absolute Gasteiger partial charge is 0.238 e. The Labute approximate surface area is 119 Å². The van der Waals surface area contributed by atoms with Gasteiger partial charge in [-0.25, -0.2) is 9.37 Å². The van der Waals surface area contributed by atoms with Crippen LogP contribution in [0, 0.1) is 5.82 Å². The van der Waals surface area contributed by atoms with Crippen molar-refractivity contribution in [3.8, 4) is 11.6 Å². The molecule has 17 heavy (non-hydrogen) atoms. The number of benzene rings is 1. The van der Waals surface area contributed by atoms with E-state index >= 15 is 0 Å². The second kappa shape index (κ2) is 5.33. The molecule has 88 valence electrons. The van der Waals surface area contributed by atoms with E-state index < -0.39 is 0 Å². The zero-order chi connectivity index (χ0) is 12.4. The minimum atomic E-state index is -0.354. The van der Waals surface area contributed by atoms with Crippen molar-refractivity contribution in [2.75, 3.05) is 0 Å². The summed E-state index contributed by atoms with van der Waals surface area (Å²) in [5, 5.41) is 0.375. The zero-order valence-corrected chi connectivity index (χ0v) is 12.2. The Morgan fingerprint density at radius 2 is 2.00 bits per heavy atom. The minimum Gasteiger partial charge on any atom is -0.437 e. The quantitative estimate of drug-likeness (QED) is 0.714. The Hall–Kier alpha value is -0.650. The molecule has 0 fully saturated rings. The Bertz CT molecular complexity index is 565. The first-order valence-electron chi connectivity index (χ1n) is 4.50. The number of nitrogens with zero attached hydrogens (tertiary/aromatic N) is 1. The van der Waals surface area contributed by atoms with Crippen LogP contribution in [0.1, 0.15) is 0 Å². The van der Waals surface area contributed by atoms with E-state index in [2.05, 4.69) is 36.8 Å². The van der Waals surface area contributed by atoms with Crippen LogP contribution < -0.4 is 4.74 Å². The molecule has 2 nitrogen and oxygen atoms in total. The van der Waals surface area contributed by atoms with Gasteiger partial charge in [0.1, 0.15) is 16.6 Å². The van der Waals surface area contributed by atoms with Crippen LogP contribution in [0.3, 0.4) is 0 Å². The lowest BCUT2D eigenvalue weighted by Crippen LogP contribution is -1.89. The highest BCUT2D eigenvalue weighted by atomic mass is 79.9. The first-order chi connectivity index (χ1) is 8.06. The van der Waals surface area contributed by atoms with Gasteiger partial charge in [-0.1, -0.05) is 11.6 Å². The van der Waals surface area contributed by atoms with Crippen molar-refractivity contribution in [2.45, 2.75) is 0 Å². The number of rotatable bonds is 2. The van der Waals surface area contributed by atoms with Gasteiger partial charge in [0.15, 0.2) is 0 Å². The summed E-state index contributed by atoms with van der Waals surface area (Å²) >= 11 is 12.3. The molecule has 0 N–H and O–H groups in total. The Morgan fingerprint density at radius 1 is 1.24 bits per heavy atom. The van der Waals surface area contributed by atoms with Crippen LogP contribution in [0.2, 0.25) is 5.02 Å². The van der Waals surface area contributed by atoms with Crippen LogP contribution in [0.5, 0.6) is 11.6 Å². The molecule has 6 heteroatoms. The number of hydrogen-bond acceptors (Lipinski definition) is 2. The molecule has 0 saturated heterocycles. The molecule has 1 aromatic carbocycles. The Kier molecular flexibility index (Phi) is 4.01. The lowest BCUT2D eigenvalue weighted by atomic mass is 10.3. The molecule has 2 aromatic rings. The first-order valence-corrected chi connectivity index (χ1v) is 6.46. The highest BCUT2D eigenvalue weighted by Gasteiger charge is 2.07. The molecule has 0 aliphatic carbocycles. The van der Waals surface area contributed by atoms with Crippen LogP contribution in [0.25, 0.3) is 0 Å². The molecule has 2 rings (SSSR count). The molecular formula is C11H5Br2ClFNO. The standard InChI is InChI=1S/C11H5Br2ClFNO/c12-6-3-9(14)11(16-5-6)17-7-1-2-10(15)8(13)4-7/h1-5H. The summed E-state index contributed by atoms with van der Waals surface area (Å²) < 4.78 is 19.5. The van der Waals surface area contributed by atoms with E-state index in [9.17, 15) is 4.39 Å². The predicted octanol–water partition coefficient (Wildman–Crippen LogP) is 5.19. The molecule has 1 heterocycles. The third kappa shape index (κ3) is 3.18. The summed E-state index contributed by atoms with van der Waals surface area (Å²) in [6, 6.07) is 5.98. The fourth-order valence-electron chi connectivity index (χ4n) is 1.13. The van der Waals surface area contributed by atoms with Crippen molar-refractivity contribution in [3.05, 3.63) is 50.2 Å². The van der Waals surface area contributed by atoms with Crippen molar-refractivity contribution < 1.29 is 9.13 Å². The number of ether oxygens (including phenoxy) is 1. The van der Waals surface area contributed by atoms with Crippen molar-refractivity contribution in [2.24, 2.45) is 0 Å². The average molecular weight is 381 g/mol. The maximum atomic E-state index is 13.0. The molecule has 0 bridgehead atoms. The highest BCUT2D eigenvalue weighted by Crippen LogP contribution is 2.30. The van der Waals surface area contributed by atoms with Crippen LogP contribution >= 0.6 is 43.5 Å². The molecule has 0 unspecified atom stereocenters. The molecule has 0 aliphatic heterocycles. The normalized spacial score (nSPS) is 10.4. The highest BCUT2D eigenvalue weighted by molar-refractivity contribution is 9.10.